The Kier molecular flexibility index (Phi) is 3.44. The molecule has 2 rings (SSSR count). The van der Waals surface area contributed by atoms with Crippen LogP contribution in [-0.2, 0) is 7.05 Å². The third kappa shape index (κ3) is 2.39. The Morgan fingerprint density at radius 3 is 2.74 bits per heavy atom. The van der Waals surface area contributed by atoms with Crippen molar-refractivity contribution in [1.82, 2.24) is 9.78 Å². The number of benzene rings is 1. The molecule has 0 saturated carbocycles. The first kappa shape index (κ1) is 13.4. The minimum absolute atomic E-state index is 0.208. The van der Waals surface area contributed by atoms with Crippen LogP contribution in [0.1, 0.15) is 11.3 Å². The van der Waals surface area contributed by atoms with Crippen LogP contribution < -0.4 is 10.6 Å². The van der Waals surface area contributed by atoms with Gasteiger partial charge in [0.05, 0.1) is 11.3 Å². The lowest BCUT2D eigenvalue weighted by Crippen LogP contribution is -2.19. The third-order valence-electron chi connectivity index (χ3n) is 2.97. The number of thiocarbonyl (C=S) groups is 1. The minimum Gasteiger partial charge on any atom is -0.508 e. The largest absolute Gasteiger partial charge is 0.508 e. The zero-order valence-electron chi connectivity index (χ0n) is 11.1. The van der Waals surface area contributed by atoms with E-state index >= 15 is 0 Å². The van der Waals surface area contributed by atoms with Crippen LogP contribution in [0, 0.1) is 6.92 Å². The van der Waals surface area contributed by atoms with Crippen LogP contribution >= 0.6 is 12.2 Å². The molecular weight excluding hydrogens is 260 g/mol. The van der Waals surface area contributed by atoms with Gasteiger partial charge in [-0.15, -0.1) is 0 Å². The number of nitrogens with zero attached hydrogens (tertiary/aromatic N) is 3. The number of phenols is 1. The van der Waals surface area contributed by atoms with Crippen LogP contribution in [0.5, 0.6) is 5.75 Å². The molecule has 19 heavy (non-hydrogen) atoms. The Hall–Kier alpha value is -2.08. The number of aromatic hydroxyl groups is 1. The summed E-state index contributed by atoms with van der Waals surface area (Å²) in [5, 5.41) is 13.9. The van der Waals surface area contributed by atoms with Crippen molar-refractivity contribution in [2.24, 2.45) is 12.8 Å². The molecule has 0 fully saturated rings. The highest BCUT2D eigenvalue weighted by atomic mass is 32.1. The Morgan fingerprint density at radius 1 is 1.47 bits per heavy atom. The maximum Gasteiger partial charge on any atom is 0.141 e. The minimum atomic E-state index is 0.208. The van der Waals surface area contributed by atoms with E-state index in [1.165, 1.54) is 0 Å². The van der Waals surface area contributed by atoms with Gasteiger partial charge in [0.15, 0.2) is 0 Å². The van der Waals surface area contributed by atoms with E-state index in [1.807, 2.05) is 32.0 Å². The van der Waals surface area contributed by atoms with Gasteiger partial charge in [-0.05, 0) is 19.1 Å². The van der Waals surface area contributed by atoms with Crippen molar-refractivity contribution in [1.29, 1.82) is 0 Å². The SMILES string of the molecule is Cc1nn(C)c(N(C)c2cccc(O)c2)c1C(N)=S. The predicted octanol–water partition coefficient (Wildman–Crippen LogP) is 1.84. The fourth-order valence-electron chi connectivity index (χ4n) is 2.14. The summed E-state index contributed by atoms with van der Waals surface area (Å²) < 4.78 is 1.73. The van der Waals surface area contributed by atoms with Crippen LogP contribution in [0.25, 0.3) is 0 Å². The van der Waals surface area contributed by atoms with Crippen LogP contribution in [-0.4, -0.2) is 26.9 Å². The Balaban J connectivity index is 2.55. The average Bonchev–Trinajstić information content (AvgIpc) is 2.63. The lowest BCUT2D eigenvalue weighted by Gasteiger charge is -2.21. The van der Waals surface area contributed by atoms with E-state index in [9.17, 15) is 5.11 Å². The fraction of sp³-hybridized carbons (Fsp3) is 0.231. The standard InChI is InChI=1S/C13H16N4OS/c1-8-11(12(14)19)13(17(3)15-8)16(2)9-5-4-6-10(18)7-9/h4-7,18H,1-3H3,(H2,14,19). The number of nitrogens with two attached hydrogens (primary N) is 1. The topological polar surface area (TPSA) is 67.3 Å². The predicted molar refractivity (Wildman–Crippen MR) is 80.0 cm³/mol. The van der Waals surface area contributed by atoms with Crippen LogP contribution in [0.2, 0.25) is 0 Å². The number of aryl methyl sites for hydroxylation is 2. The van der Waals surface area contributed by atoms with Crippen LogP contribution in [0.15, 0.2) is 24.3 Å². The molecule has 1 aromatic heterocycles. The van der Waals surface area contributed by atoms with Gasteiger partial charge in [-0.2, -0.15) is 5.10 Å². The molecule has 0 saturated heterocycles. The molecule has 0 radical (unpaired) electrons. The Morgan fingerprint density at radius 2 is 2.16 bits per heavy atom. The summed E-state index contributed by atoms with van der Waals surface area (Å²) in [6.45, 7) is 1.87. The summed E-state index contributed by atoms with van der Waals surface area (Å²) in [4.78, 5) is 2.21. The highest BCUT2D eigenvalue weighted by molar-refractivity contribution is 7.80. The van der Waals surface area contributed by atoms with Crippen LogP contribution in [0.4, 0.5) is 11.5 Å². The van der Waals surface area contributed by atoms with Gasteiger partial charge in [0, 0.05) is 25.8 Å². The molecule has 0 atom stereocenters. The molecule has 2 aromatic rings. The number of hydrogen-bond donors (Lipinski definition) is 2. The van der Waals surface area contributed by atoms with Crippen molar-refractivity contribution in [3.8, 4) is 5.75 Å². The highest BCUT2D eigenvalue weighted by Gasteiger charge is 2.20. The van der Waals surface area contributed by atoms with Gasteiger partial charge in [0.1, 0.15) is 16.6 Å². The number of aromatic nitrogens is 2. The molecule has 5 nitrogen and oxygen atoms in total. The second-order valence-corrected chi connectivity index (χ2v) is 4.79. The molecule has 0 aliphatic heterocycles. The van der Waals surface area contributed by atoms with E-state index < -0.39 is 0 Å². The zero-order chi connectivity index (χ0) is 14.2. The first-order valence-corrected chi connectivity index (χ1v) is 6.18. The van der Waals surface area contributed by atoms with E-state index in [1.54, 1.807) is 22.9 Å². The maximum absolute atomic E-state index is 9.56. The second-order valence-electron chi connectivity index (χ2n) is 4.35. The summed E-state index contributed by atoms with van der Waals surface area (Å²) in [6.07, 6.45) is 0. The Labute approximate surface area is 117 Å². The normalized spacial score (nSPS) is 10.5. The molecule has 1 aromatic carbocycles. The molecule has 0 aliphatic carbocycles. The first-order chi connectivity index (χ1) is 8.91. The lowest BCUT2D eigenvalue weighted by molar-refractivity contribution is 0.475. The molecule has 0 amide bonds. The average molecular weight is 276 g/mol. The first-order valence-electron chi connectivity index (χ1n) is 5.78. The smallest absolute Gasteiger partial charge is 0.141 e. The van der Waals surface area contributed by atoms with Gasteiger partial charge in [-0.1, -0.05) is 18.3 Å². The summed E-state index contributed by atoms with van der Waals surface area (Å²) >= 11 is 5.09. The van der Waals surface area contributed by atoms with Crippen molar-refractivity contribution in [2.45, 2.75) is 6.92 Å². The molecular formula is C13H16N4OS. The second kappa shape index (κ2) is 4.89. The number of anilines is 2. The maximum atomic E-state index is 9.56. The number of rotatable bonds is 3. The van der Waals surface area contributed by atoms with Gasteiger partial charge in [0.25, 0.3) is 0 Å². The molecule has 0 bridgehead atoms. The summed E-state index contributed by atoms with van der Waals surface area (Å²) in [6, 6.07) is 6.97. The highest BCUT2D eigenvalue weighted by Crippen LogP contribution is 2.30. The lowest BCUT2D eigenvalue weighted by atomic mass is 10.2. The van der Waals surface area contributed by atoms with Crippen molar-refractivity contribution in [3.05, 3.63) is 35.5 Å². The molecule has 1 heterocycles. The van der Waals surface area contributed by atoms with Gasteiger partial charge < -0.3 is 15.7 Å². The molecule has 6 heteroatoms. The van der Waals surface area contributed by atoms with E-state index in [0.29, 0.717) is 4.99 Å². The van der Waals surface area contributed by atoms with Crippen molar-refractivity contribution in [3.63, 3.8) is 0 Å². The molecule has 0 aliphatic rings. The van der Waals surface area contributed by atoms with Gasteiger partial charge in [-0.25, -0.2) is 0 Å². The van der Waals surface area contributed by atoms with E-state index in [4.69, 9.17) is 18.0 Å². The van der Waals surface area contributed by atoms with Gasteiger partial charge in [-0.3, -0.25) is 4.68 Å². The molecule has 100 valence electrons. The summed E-state index contributed by atoms with van der Waals surface area (Å²) in [5.74, 6) is 1.01. The zero-order valence-corrected chi connectivity index (χ0v) is 11.9. The van der Waals surface area contributed by atoms with E-state index in [2.05, 4.69) is 5.10 Å². The van der Waals surface area contributed by atoms with E-state index in [-0.39, 0.29) is 5.75 Å². The number of hydrogen-bond acceptors (Lipinski definition) is 4. The van der Waals surface area contributed by atoms with Crippen molar-refractivity contribution < 1.29 is 5.11 Å². The van der Waals surface area contributed by atoms with Gasteiger partial charge in [0.2, 0.25) is 0 Å². The molecule has 0 unspecified atom stereocenters. The van der Waals surface area contributed by atoms with Gasteiger partial charge >= 0.3 is 0 Å². The fourth-order valence-corrected chi connectivity index (χ4v) is 2.38. The monoisotopic (exact) mass is 276 g/mol. The van der Waals surface area contributed by atoms with E-state index in [0.717, 1.165) is 22.8 Å². The quantitative estimate of drug-likeness (QED) is 0.837. The molecule has 0 spiro atoms. The number of phenolic OH excluding ortho intramolecular Hbond substituents is 1. The van der Waals surface area contributed by atoms with Crippen LogP contribution in [0.3, 0.4) is 0 Å². The van der Waals surface area contributed by atoms with Crippen molar-refractivity contribution in [2.75, 3.05) is 11.9 Å². The Bertz CT molecular complexity index is 636. The summed E-state index contributed by atoms with van der Waals surface area (Å²) in [5.41, 5.74) is 8.15. The summed E-state index contributed by atoms with van der Waals surface area (Å²) in [7, 11) is 3.72. The third-order valence-corrected chi connectivity index (χ3v) is 3.18. The molecule has 3 N–H and O–H groups in total. The van der Waals surface area contributed by atoms with Crippen molar-refractivity contribution >= 4 is 28.7 Å².